The molecule has 1 atom stereocenters. The molecular formula is C14H28N4O2. The summed E-state index contributed by atoms with van der Waals surface area (Å²) in [4.78, 5) is 25.7. The largest absolute Gasteiger partial charge is 0.354 e. The predicted molar refractivity (Wildman–Crippen MR) is 79.1 cm³/mol. The quantitative estimate of drug-likeness (QED) is 0.624. The average Bonchev–Trinajstić information content (AvgIpc) is 2.38. The molecule has 2 amide bonds. The molecule has 1 fully saturated rings. The molecule has 0 aromatic heterocycles. The van der Waals surface area contributed by atoms with E-state index in [2.05, 4.69) is 15.5 Å². The maximum atomic E-state index is 11.9. The number of nitrogens with one attached hydrogen (secondary N) is 2. The fourth-order valence-electron chi connectivity index (χ4n) is 2.12. The van der Waals surface area contributed by atoms with Crippen LogP contribution in [0.5, 0.6) is 0 Å². The Morgan fingerprint density at radius 2 is 1.85 bits per heavy atom. The molecule has 1 aliphatic rings. The molecular weight excluding hydrogens is 256 g/mol. The number of carbonyl (C=O) groups is 2. The molecule has 4 N–H and O–H groups in total. The van der Waals surface area contributed by atoms with Gasteiger partial charge in [-0.3, -0.25) is 14.5 Å². The van der Waals surface area contributed by atoms with Crippen LogP contribution in [0.2, 0.25) is 0 Å². The zero-order valence-corrected chi connectivity index (χ0v) is 12.8. The summed E-state index contributed by atoms with van der Waals surface area (Å²) >= 11 is 0. The Balaban J connectivity index is 2.25. The minimum Gasteiger partial charge on any atom is -0.354 e. The number of likely N-dealkylation sites (tertiary alicyclic amines) is 1. The molecule has 6 heteroatoms. The van der Waals surface area contributed by atoms with E-state index in [1.807, 2.05) is 13.8 Å². The van der Waals surface area contributed by atoms with E-state index in [9.17, 15) is 9.59 Å². The maximum Gasteiger partial charge on any atom is 0.242 e. The second-order valence-electron chi connectivity index (χ2n) is 6.04. The van der Waals surface area contributed by atoms with E-state index >= 15 is 0 Å². The SMILES string of the molecule is CC(C)CNC(=O)C(C)NC(=O)CN1CCC(N)CC1. The number of rotatable bonds is 6. The lowest BCUT2D eigenvalue weighted by atomic mass is 10.1. The number of piperidine rings is 1. The highest BCUT2D eigenvalue weighted by molar-refractivity contribution is 5.87. The summed E-state index contributed by atoms with van der Waals surface area (Å²) in [6.07, 6.45) is 1.86. The first kappa shape index (κ1) is 16.9. The highest BCUT2D eigenvalue weighted by atomic mass is 16.2. The first-order chi connectivity index (χ1) is 9.38. The smallest absolute Gasteiger partial charge is 0.242 e. The van der Waals surface area contributed by atoms with E-state index in [4.69, 9.17) is 5.73 Å². The van der Waals surface area contributed by atoms with Gasteiger partial charge >= 0.3 is 0 Å². The van der Waals surface area contributed by atoms with E-state index in [-0.39, 0.29) is 17.9 Å². The lowest BCUT2D eigenvalue weighted by Gasteiger charge is -2.29. The van der Waals surface area contributed by atoms with E-state index in [1.54, 1.807) is 6.92 Å². The van der Waals surface area contributed by atoms with Crippen LogP contribution in [-0.4, -0.2) is 55.0 Å². The summed E-state index contributed by atoms with van der Waals surface area (Å²) in [5, 5.41) is 5.55. The molecule has 6 nitrogen and oxygen atoms in total. The molecule has 1 aliphatic heterocycles. The van der Waals surface area contributed by atoms with Gasteiger partial charge in [-0.15, -0.1) is 0 Å². The van der Waals surface area contributed by atoms with Crippen molar-refractivity contribution in [3.8, 4) is 0 Å². The fraction of sp³-hybridized carbons (Fsp3) is 0.857. The molecule has 116 valence electrons. The topological polar surface area (TPSA) is 87.5 Å². The summed E-state index contributed by atoms with van der Waals surface area (Å²) in [5.41, 5.74) is 5.83. The zero-order chi connectivity index (χ0) is 15.1. The minimum absolute atomic E-state index is 0.104. The lowest BCUT2D eigenvalue weighted by molar-refractivity contribution is -0.129. The minimum atomic E-state index is -0.492. The van der Waals surface area contributed by atoms with Gasteiger partial charge < -0.3 is 16.4 Å². The maximum absolute atomic E-state index is 11.9. The van der Waals surface area contributed by atoms with Crippen LogP contribution < -0.4 is 16.4 Å². The van der Waals surface area contributed by atoms with Crippen molar-refractivity contribution in [3.63, 3.8) is 0 Å². The normalized spacial score (nSPS) is 18.9. The Kier molecular flexibility index (Phi) is 6.95. The summed E-state index contributed by atoms with van der Waals surface area (Å²) in [6.45, 7) is 8.44. The molecule has 0 saturated carbocycles. The molecule has 1 heterocycles. The van der Waals surface area contributed by atoms with E-state index < -0.39 is 6.04 Å². The number of amides is 2. The molecule has 0 spiro atoms. The van der Waals surface area contributed by atoms with Crippen molar-refractivity contribution in [1.29, 1.82) is 0 Å². The monoisotopic (exact) mass is 284 g/mol. The van der Waals surface area contributed by atoms with Crippen LogP contribution in [-0.2, 0) is 9.59 Å². The van der Waals surface area contributed by atoms with Gasteiger partial charge in [-0.05, 0) is 25.7 Å². The first-order valence-electron chi connectivity index (χ1n) is 7.43. The van der Waals surface area contributed by atoms with Gasteiger partial charge in [0.2, 0.25) is 11.8 Å². The van der Waals surface area contributed by atoms with Crippen LogP contribution in [0.1, 0.15) is 33.6 Å². The van der Waals surface area contributed by atoms with Crippen LogP contribution in [0.3, 0.4) is 0 Å². The molecule has 1 unspecified atom stereocenters. The zero-order valence-electron chi connectivity index (χ0n) is 12.8. The van der Waals surface area contributed by atoms with Crippen LogP contribution in [0.15, 0.2) is 0 Å². The molecule has 0 radical (unpaired) electrons. The average molecular weight is 284 g/mol. The van der Waals surface area contributed by atoms with E-state index in [0.29, 0.717) is 19.0 Å². The van der Waals surface area contributed by atoms with Gasteiger partial charge in [0.25, 0.3) is 0 Å². The standard InChI is InChI=1S/C14H28N4O2/c1-10(2)8-16-14(20)11(3)17-13(19)9-18-6-4-12(15)5-7-18/h10-12H,4-9,15H2,1-3H3,(H,16,20)(H,17,19). The van der Waals surface area contributed by atoms with Crippen molar-refractivity contribution in [2.75, 3.05) is 26.2 Å². The van der Waals surface area contributed by atoms with Crippen molar-refractivity contribution in [2.24, 2.45) is 11.7 Å². The lowest BCUT2D eigenvalue weighted by Crippen LogP contribution is -2.50. The third kappa shape index (κ3) is 6.34. The Hall–Kier alpha value is -1.14. The van der Waals surface area contributed by atoms with Crippen molar-refractivity contribution in [2.45, 2.75) is 45.7 Å². The van der Waals surface area contributed by atoms with E-state index in [0.717, 1.165) is 25.9 Å². The van der Waals surface area contributed by atoms with Crippen molar-refractivity contribution in [1.82, 2.24) is 15.5 Å². The van der Waals surface area contributed by atoms with Gasteiger partial charge in [0.1, 0.15) is 6.04 Å². The Labute approximate surface area is 121 Å². The third-order valence-electron chi connectivity index (χ3n) is 3.45. The highest BCUT2D eigenvalue weighted by Crippen LogP contribution is 2.07. The van der Waals surface area contributed by atoms with Gasteiger partial charge in [-0.25, -0.2) is 0 Å². The number of carbonyl (C=O) groups excluding carboxylic acids is 2. The van der Waals surface area contributed by atoms with Crippen LogP contribution in [0, 0.1) is 5.92 Å². The summed E-state index contributed by atoms with van der Waals surface area (Å²) in [7, 11) is 0. The molecule has 0 bridgehead atoms. The summed E-state index contributed by atoms with van der Waals surface area (Å²) < 4.78 is 0. The van der Waals surface area contributed by atoms with E-state index in [1.165, 1.54) is 0 Å². The second kappa shape index (κ2) is 8.21. The number of nitrogens with two attached hydrogens (primary N) is 1. The second-order valence-corrected chi connectivity index (χ2v) is 6.04. The van der Waals surface area contributed by atoms with Crippen molar-refractivity contribution >= 4 is 11.8 Å². The Morgan fingerprint density at radius 3 is 2.40 bits per heavy atom. The van der Waals surface area contributed by atoms with Crippen molar-refractivity contribution < 1.29 is 9.59 Å². The van der Waals surface area contributed by atoms with Crippen molar-refractivity contribution in [3.05, 3.63) is 0 Å². The van der Waals surface area contributed by atoms with Gasteiger partial charge in [-0.1, -0.05) is 13.8 Å². The fourth-order valence-corrected chi connectivity index (χ4v) is 2.12. The third-order valence-corrected chi connectivity index (χ3v) is 3.45. The Bertz CT molecular complexity index is 325. The molecule has 0 aromatic rings. The number of hydrogen-bond acceptors (Lipinski definition) is 4. The molecule has 1 rings (SSSR count). The van der Waals surface area contributed by atoms with Crippen LogP contribution in [0.4, 0.5) is 0 Å². The van der Waals surface area contributed by atoms with Gasteiger partial charge in [-0.2, -0.15) is 0 Å². The van der Waals surface area contributed by atoms with Gasteiger partial charge in [0, 0.05) is 25.7 Å². The number of nitrogens with zero attached hydrogens (tertiary/aromatic N) is 1. The van der Waals surface area contributed by atoms with Gasteiger partial charge in [0.15, 0.2) is 0 Å². The van der Waals surface area contributed by atoms with Gasteiger partial charge in [0.05, 0.1) is 6.54 Å². The molecule has 20 heavy (non-hydrogen) atoms. The van der Waals surface area contributed by atoms with Crippen LogP contribution in [0.25, 0.3) is 0 Å². The predicted octanol–water partition coefficient (Wildman–Crippen LogP) is -0.314. The first-order valence-corrected chi connectivity index (χ1v) is 7.43. The highest BCUT2D eigenvalue weighted by Gasteiger charge is 2.20. The van der Waals surface area contributed by atoms with Crippen LogP contribution >= 0.6 is 0 Å². The molecule has 0 aliphatic carbocycles. The summed E-state index contributed by atoms with van der Waals surface area (Å²) in [5.74, 6) is 0.166. The molecule has 0 aromatic carbocycles. The Morgan fingerprint density at radius 1 is 1.25 bits per heavy atom. The molecule has 1 saturated heterocycles. The number of hydrogen-bond donors (Lipinski definition) is 3. The summed E-state index contributed by atoms with van der Waals surface area (Å²) in [6, 6.07) is -0.233.